The maximum absolute atomic E-state index is 11.1. The number of carbonyl (C=O) groups is 1. The SMILES string of the molecule is COC(=O)[C@H](C)NS(=O)(=O)CCCl. The molecule has 0 saturated carbocycles. The molecule has 0 rings (SSSR count). The Labute approximate surface area is 82.5 Å². The molecule has 5 nitrogen and oxygen atoms in total. The van der Waals surface area contributed by atoms with Crippen LogP contribution in [0.25, 0.3) is 0 Å². The van der Waals surface area contributed by atoms with Crippen molar-refractivity contribution in [2.45, 2.75) is 13.0 Å². The second kappa shape index (κ2) is 5.41. The van der Waals surface area contributed by atoms with E-state index in [0.717, 1.165) is 0 Å². The molecule has 1 N–H and O–H groups in total. The van der Waals surface area contributed by atoms with Crippen LogP contribution in [0.1, 0.15) is 6.92 Å². The summed E-state index contributed by atoms with van der Waals surface area (Å²) in [6.07, 6.45) is 0. The average Bonchev–Trinajstić information content (AvgIpc) is 2.01. The van der Waals surface area contributed by atoms with E-state index in [4.69, 9.17) is 11.6 Å². The van der Waals surface area contributed by atoms with Gasteiger partial charge >= 0.3 is 5.97 Å². The molecule has 0 aromatic rings. The van der Waals surface area contributed by atoms with Crippen LogP contribution in [-0.2, 0) is 19.6 Å². The number of halogens is 1. The largest absolute Gasteiger partial charge is 0.468 e. The third kappa shape index (κ3) is 5.07. The van der Waals surface area contributed by atoms with Crippen LogP contribution in [0.4, 0.5) is 0 Å². The van der Waals surface area contributed by atoms with Gasteiger partial charge in [-0.05, 0) is 6.92 Å². The minimum absolute atomic E-state index is 0.0107. The van der Waals surface area contributed by atoms with E-state index >= 15 is 0 Å². The van der Waals surface area contributed by atoms with E-state index in [1.807, 2.05) is 0 Å². The van der Waals surface area contributed by atoms with Gasteiger partial charge in [-0.15, -0.1) is 11.6 Å². The third-order valence-electron chi connectivity index (χ3n) is 1.26. The Morgan fingerprint density at radius 2 is 2.15 bits per heavy atom. The van der Waals surface area contributed by atoms with Crippen LogP contribution in [0.3, 0.4) is 0 Å². The lowest BCUT2D eigenvalue weighted by Gasteiger charge is -2.10. The highest BCUT2D eigenvalue weighted by molar-refractivity contribution is 7.89. The molecule has 0 spiro atoms. The summed E-state index contributed by atoms with van der Waals surface area (Å²) in [7, 11) is -2.28. The van der Waals surface area contributed by atoms with Crippen LogP contribution >= 0.6 is 11.6 Å². The molecular formula is C6H12ClNO4S. The standard InChI is InChI=1S/C6H12ClNO4S/c1-5(6(9)12-2)8-13(10,11)4-3-7/h5,8H,3-4H2,1-2H3/t5-/m0/s1. The molecule has 0 bridgehead atoms. The minimum Gasteiger partial charge on any atom is -0.468 e. The van der Waals surface area contributed by atoms with Crippen LogP contribution in [0.5, 0.6) is 0 Å². The highest BCUT2D eigenvalue weighted by Gasteiger charge is 2.19. The number of hydrogen-bond acceptors (Lipinski definition) is 4. The monoisotopic (exact) mass is 229 g/mol. The molecule has 78 valence electrons. The molecule has 0 amide bonds. The topological polar surface area (TPSA) is 72.5 Å². The Balaban J connectivity index is 4.20. The van der Waals surface area contributed by atoms with Crippen molar-refractivity contribution in [1.29, 1.82) is 0 Å². The molecule has 13 heavy (non-hydrogen) atoms. The van der Waals surface area contributed by atoms with Crippen LogP contribution < -0.4 is 4.72 Å². The van der Waals surface area contributed by atoms with E-state index in [2.05, 4.69) is 9.46 Å². The quantitative estimate of drug-likeness (QED) is 0.519. The highest BCUT2D eigenvalue weighted by atomic mass is 35.5. The lowest BCUT2D eigenvalue weighted by Crippen LogP contribution is -2.40. The molecule has 1 atom stereocenters. The lowest BCUT2D eigenvalue weighted by molar-refractivity contribution is -0.142. The zero-order chi connectivity index (χ0) is 10.5. The normalized spacial score (nSPS) is 13.8. The van der Waals surface area contributed by atoms with Crippen molar-refractivity contribution in [2.75, 3.05) is 18.7 Å². The Morgan fingerprint density at radius 1 is 1.62 bits per heavy atom. The van der Waals surface area contributed by atoms with Gasteiger partial charge in [0.05, 0.1) is 12.9 Å². The molecule has 0 aliphatic rings. The Hall–Kier alpha value is -0.330. The lowest BCUT2D eigenvalue weighted by atomic mass is 10.4. The summed E-state index contributed by atoms with van der Waals surface area (Å²) in [5.41, 5.74) is 0. The van der Waals surface area contributed by atoms with Gasteiger partial charge in [-0.3, -0.25) is 4.79 Å². The fraction of sp³-hybridized carbons (Fsp3) is 0.833. The van der Waals surface area contributed by atoms with Gasteiger partial charge in [-0.1, -0.05) is 0 Å². The van der Waals surface area contributed by atoms with Gasteiger partial charge in [-0.25, -0.2) is 13.1 Å². The summed E-state index contributed by atoms with van der Waals surface area (Å²) in [5.74, 6) is -0.850. The number of carbonyl (C=O) groups excluding carboxylic acids is 1. The molecule has 0 aliphatic heterocycles. The van der Waals surface area contributed by atoms with E-state index in [9.17, 15) is 13.2 Å². The van der Waals surface area contributed by atoms with Crippen molar-refractivity contribution < 1.29 is 17.9 Å². The van der Waals surface area contributed by atoms with Gasteiger partial charge in [0.2, 0.25) is 10.0 Å². The number of hydrogen-bond donors (Lipinski definition) is 1. The second-order valence-corrected chi connectivity index (χ2v) is 4.62. The van der Waals surface area contributed by atoms with Gasteiger partial charge in [0.25, 0.3) is 0 Å². The summed E-state index contributed by atoms with van der Waals surface area (Å²) in [5, 5.41) is 0. The van der Waals surface area contributed by atoms with Crippen molar-refractivity contribution >= 4 is 27.6 Å². The van der Waals surface area contributed by atoms with Crippen molar-refractivity contribution in [1.82, 2.24) is 4.72 Å². The number of alkyl halides is 1. The molecule has 0 radical (unpaired) electrons. The fourth-order valence-corrected chi connectivity index (χ4v) is 2.22. The molecular weight excluding hydrogens is 218 g/mol. The number of methoxy groups -OCH3 is 1. The van der Waals surface area contributed by atoms with E-state index in [1.165, 1.54) is 14.0 Å². The smallest absolute Gasteiger partial charge is 0.323 e. The maximum atomic E-state index is 11.1. The first-order chi connectivity index (χ1) is 5.93. The number of ether oxygens (including phenoxy) is 1. The molecule has 0 aliphatic carbocycles. The highest BCUT2D eigenvalue weighted by Crippen LogP contribution is 1.93. The van der Waals surface area contributed by atoms with Gasteiger partial charge in [0.1, 0.15) is 6.04 Å². The summed E-state index contributed by atoms with van der Waals surface area (Å²) >= 11 is 5.25. The first-order valence-electron chi connectivity index (χ1n) is 3.56. The third-order valence-corrected chi connectivity index (χ3v) is 3.12. The first-order valence-corrected chi connectivity index (χ1v) is 5.75. The average molecular weight is 230 g/mol. The zero-order valence-corrected chi connectivity index (χ0v) is 8.98. The predicted octanol–water partition coefficient (Wildman–Crippen LogP) is -0.294. The maximum Gasteiger partial charge on any atom is 0.323 e. The van der Waals surface area contributed by atoms with Crippen LogP contribution in [-0.4, -0.2) is 39.2 Å². The fourth-order valence-electron chi connectivity index (χ4n) is 0.655. The van der Waals surface area contributed by atoms with Gasteiger partial charge in [-0.2, -0.15) is 0 Å². The Kier molecular flexibility index (Phi) is 5.27. The summed E-state index contributed by atoms with van der Waals surface area (Å²) in [6, 6.07) is -0.877. The van der Waals surface area contributed by atoms with Crippen molar-refractivity contribution in [3.63, 3.8) is 0 Å². The van der Waals surface area contributed by atoms with E-state index in [-0.39, 0.29) is 11.6 Å². The predicted molar refractivity (Wildman–Crippen MR) is 49.1 cm³/mol. The molecule has 0 saturated heterocycles. The van der Waals surface area contributed by atoms with Gasteiger partial charge in [0, 0.05) is 5.88 Å². The zero-order valence-electron chi connectivity index (χ0n) is 7.41. The Morgan fingerprint density at radius 3 is 2.54 bits per heavy atom. The molecule has 0 heterocycles. The van der Waals surface area contributed by atoms with Crippen LogP contribution in [0.2, 0.25) is 0 Å². The van der Waals surface area contributed by atoms with Crippen molar-refractivity contribution in [3.8, 4) is 0 Å². The van der Waals surface area contributed by atoms with Crippen molar-refractivity contribution in [2.24, 2.45) is 0 Å². The number of rotatable bonds is 5. The second-order valence-electron chi connectivity index (χ2n) is 2.37. The van der Waals surface area contributed by atoms with Crippen LogP contribution in [0.15, 0.2) is 0 Å². The van der Waals surface area contributed by atoms with Gasteiger partial charge in [0.15, 0.2) is 0 Å². The minimum atomic E-state index is -3.47. The summed E-state index contributed by atoms with van der Waals surface area (Å²) < 4.78 is 28.6. The van der Waals surface area contributed by atoms with E-state index in [1.54, 1.807) is 0 Å². The Bertz CT molecular complexity index is 264. The van der Waals surface area contributed by atoms with E-state index < -0.39 is 22.0 Å². The number of nitrogens with one attached hydrogen (secondary N) is 1. The van der Waals surface area contributed by atoms with Gasteiger partial charge < -0.3 is 4.74 Å². The number of sulfonamides is 1. The molecule has 7 heteroatoms. The summed E-state index contributed by atoms with van der Waals surface area (Å²) in [4.78, 5) is 10.8. The molecule has 0 aromatic carbocycles. The first kappa shape index (κ1) is 12.7. The van der Waals surface area contributed by atoms with Crippen molar-refractivity contribution in [3.05, 3.63) is 0 Å². The number of esters is 1. The van der Waals surface area contributed by atoms with E-state index in [0.29, 0.717) is 0 Å². The molecule has 0 aromatic heterocycles. The molecule has 0 fully saturated rings. The summed E-state index contributed by atoms with van der Waals surface area (Å²) in [6.45, 7) is 1.40. The molecule has 0 unspecified atom stereocenters. The van der Waals surface area contributed by atoms with Crippen LogP contribution in [0, 0.1) is 0 Å².